The first kappa shape index (κ1) is 14.0. The molecule has 21 heavy (non-hydrogen) atoms. The first-order valence-corrected chi connectivity index (χ1v) is 7.00. The molecule has 3 rings (SSSR count). The number of quaternary nitrogens is 1. The Balaban J connectivity index is 1.75. The van der Waals surface area contributed by atoms with Gasteiger partial charge in [-0.2, -0.15) is 0 Å². The van der Waals surface area contributed by atoms with Gasteiger partial charge in [0, 0.05) is 12.1 Å². The lowest BCUT2D eigenvalue weighted by Crippen LogP contribution is -2.82. The molecule has 1 aliphatic rings. The fraction of sp³-hybridized carbons (Fsp3) is 0.200. The third-order valence-electron chi connectivity index (χ3n) is 3.56. The van der Waals surface area contributed by atoms with Crippen molar-refractivity contribution < 1.29 is 15.0 Å². The van der Waals surface area contributed by atoms with Crippen molar-refractivity contribution in [1.82, 2.24) is 0 Å². The number of nitrogens with zero attached hydrogens (tertiary/aromatic N) is 1. The van der Waals surface area contributed by atoms with Crippen LogP contribution in [0.25, 0.3) is 0 Å². The molecule has 0 unspecified atom stereocenters. The monoisotopic (exact) mass is 305 g/mol. The van der Waals surface area contributed by atoms with E-state index in [4.69, 9.17) is 16.3 Å². The molecule has 2 aromatic carbocycles. The summed E-state index contributed by atoms with van der Waals surface area (Å²) < 4.78 is 6.00. The second-order valence-corrected chi connectivity index (χ2v) is 5.29. The van der Waals surface area contributed by atoms with E-state index < -0.39 is 4.92 Å². The molecule has 6 heteroatoms. The number of nitro groups is 1. The van der Waals surface area contributed by atoms with Gasteiger partial charge in [-0.15, -0.1) is 0 Å². The maximum atomic E-state index is 10.7. The van der Waals surface area contributed by atoms with Crippen LogP contribution < -0.4 is 5.32 Å². The van der Waals surface area contributed by atoms with E-state index in [9.17, 15) is 10.1 Å². The van der Waals surface area contributed by atoms with Crippen LogP contribution in [0, 0.1) is 10.1 Å². The van der Waals surface area contributed by atoms with Gasteiger partial charge in [0.25, 0.3) is 5.69 Å². The summed E-state index contributed by atoms with van der Waals surface area (Å²) >= 11 is 6.18. The molecular weight excluding hydrogens is 292 g/mol. The van der Waals surface area contributed by atoms with E-state index in [1.165, 1.54) is 12.1 Å². The Morgan fingerprint density at radius 3 is 2.57 bits per heavy atom. The second kappa shape index (κ2) is 5.81. The lowest BCUT2D eigenvalue weighted by atomic mass is 10.1. The normalized spacial score (nSPS) is 21.4. The van der Waals surface area contributed by atoms with Gasteiger partial charge < -0.3 is 10.1 Å². The molecule has 0 spiro atoms. The van der Waals surface area contributed by atoms with Crippen LogP contribution in [-0.4, -0.2) is 11.5 Å². The van der Waals surface area contributed by atoms with Gasteiger partial charge in [-0.1, -0.05) is 23.7 Å². The summed E-state index contributed by atoms with van der Waals surface area (Å²) in [6.07, 6.45) is -0.231. The molecule has 1 fully saturated rings. The molecule has 2 atom stereocenters. The van der Waals surface area contributed by atoms with Crippen LogP contribution in [-0.2, 0) is 4.74 Å². The Bertz CT molecular complexity index is 660. The minimum atomic E-state index is -0.405. The number of non-ortho nitro benzene ring substituents is 1. The quantitative estimate of drug-likeness (QED) is 0.700. The van der Waals surface area contributed by atoms with Crippen LogP contribution in [0.5, 0.6) is 0 Å². The zero-order chi connectivity index (χ0) is 14.8. The molecule has 1 heterocycles. The number of rotatable bonds is 3. The van der Waals surface area contributed by atoms with E-state index in [0.717, 1.165) is 17.7 Å². The molecular formula is C15H14ClN2O3+. The summed E-state index contributed by atoms with van der Waals surface area (Å²) in [7, 11) is 0. The van der Waals surface area contributed by atoms with Crippen LogP contribution in [0.3, 0.4) is 0 Å². The van der Waals surface area contributed by atoms with Gasteiger partial charge >= 0.3 is 0 Å². The molecule has 0 bridgehead atoms. The Hall–Kier alpha value is -1.95. The lowest BCUT2D eigenvalue weighted by Gasteiger charge is -2.11. The van der Waals surface area contributed by atoms with E-state index >= 15 is 0 Å². The maximum absolute atomic E-state index is 10.7. The molecule has 2 N–H and O–H groups in total. The largest absolute Gasteiger partial charge is 0.315 e. The standard InChI is InChI=1S/C15H13ClN2O3/c16-13-4-2-1-3-12(13)15-17-9-14(21-15)10-5-7-11(8-6-10)18(19)20/h1-8,14-15,17H,9H2/p+1/t14-,15-/m0/s1. The van der Waals surface area contributed by atoms with Gasteiger partial charge in [-0.25, -0.2) is 0 Å². The number of halogens is 1. The average Bonchev–Trinajstić information content (AvgIpc) is 2.97. The van der Waals surface area contributed by atoms with E-state index in [1.54, 1.807) is 12.1 Å². The molecule has 0 saturated carbocycles. The van der Waals surface area contributed by atoms with Crippen LogP contribution >= 0.6 is 11.6 Å². The Morgan fingerprint density at radius 2 is 1.90 bits per heavy atom. The Morgan fingerprint density at radius 1 is 1.19 bits per heavy atom. The molecule has 1 saturated heterocycles. The van der Waals surface area contributed by atoms with Crippen LogP contribution in [0.2, 0.25) is 5.02 Å². The number of nitrogens with two attached hydrogens (primary N) is 1. The van der Waals surface area contributed by atoms with E-state index in [1.807, 2.05) is 24.3 Å². The summed E-state index contributed by atoms with van der Waals surface area (Å²) in [5.41, 5.74) is 1.97. The number of benzene rings is 2. The molecule has 0 aromatic heterocycles. The summed E-state index contributed by atoms with van der Waals surface area (Å²) in [6.45, 7) is 0.758. The van der Waals surface area contributed by atoms with Crippen molar-refractivity contribution in [3.8, 4) is 0 Å². The highest BCUT2D eigenvalue weighted by Crippen LogP contribution is 2.30. The van der Waals surface area contributed by atoms with Crippen molar-refractivity contribution >= 4 is 17.3 Å². The highest BCUT2D eigenvalue weighted by Gasteiger charge is 2.32. The number of hydrogen-bond donors (Lipinski definition) is 1. The average molecular weight is 306 g/mol. The fourth-order valence-electron chi connectivity index (χ4n) is 2.47. The van der Waals surface area contributed by atoms with Crippen molar-refractivity contribution in [3.63, 3.8) is 0 Å². The van der Waals surface area contributed by atoms with Crippen molar-refractivity contribution in [2.24, 2.45) is 0 Å². The van der Waals surface area contributed by atoms with Gasteiger partial charge in [-0.3, -0.25) is 10.1 Å². The predicted molar refractivity (Wildman–Crippen MR) is 77.9 cm³/mol. The molecule has 1 aliphatic heterocycles. The minimum Gasteiger partial charge on any atom is -0.315 e. The smallest absolute Gasteiger partial charge is 0.269 e. The molecule has 108 valence electrons. The van der Waals surface area contributed by atoms with E-state index in [-0.39, 0.29) is 18.0 Å². The van der Waals surface area contributed by atoms with Crippen molar-refractivity contribution in [1.29, 1.82) is 0 Å². The summed E-state index contributed by atoms with van der Waals surface area (Å²) in [6, 6.07) is 14.1. The Labute approximate surface area is 126 Å². The van der Waals surface area contributed by atoms with Gasteiger partial charge in [0.05, 0.1) is 15.5 Å². The zero-order valence-electron chi connectivity index (χ0n) is 11.1. The van der Waals surface area contributed by atoms with Crippen molar-refractivity contribution in [2.75, 3.05) is 6.54 Å². The molecule has 5 nitrogen and oxygen atoms in total. The first-order chi connectivity index (χ1) is 10.1. The molecule has 0 amide bonds. The summed E-state index contributed by atoms with van der Waals surface area (Å²) in [5.74, 6) is 0. The SMILES string of the molecule is O=[N+]([O-])c1ccc([C@@H]2C[NH2+][C@H](c3ccccc3Cl)O2)cc1. The van der Waals surface area contributed by atoms with Gasteiger partial charge in [0.1, 0.15) is 12.6 Å². The number of hydrogen-bond acceptors (Lipinski definition) is 3. The van der Waals surface area contributed by atoms with Gasteiger partial charge in [0.15, 0.2) is 0 Å². The van der Waals surface area contributed by atoms with Crippen molar-refractivity contribution in [3.05, 3.63) is 74.8 Å². The van der Waals surface area contributed by atoms with Crippen LogP contribution in [0.1, 0.15) is 23.5 Å². The van der Waals surface area contributed by atoms with Crippen LogP contribution in [0.4, 0.5) is 5.69 Å². The minimum absolute atomic E-state index is 0.0865. The first-order valence-electron chi connectivity index (χ1n) is 6.63. The predicted octanol–water partition coefficient (Wildman–Crippen LogP) is 2.58. The number of ether oxygens (including phenoxy) is 1. The third kappa shape index (κ3) is 2.90. The van der Waals surface area contributed by atoms with E-state index in [2.05, 4.69) is 5.32 Å². The highest BCUT2D eigenvalue weighted by atomic mass is 35.5. The maximum Gasteiger partial charge on any atom is 0.269 e. The van der Waals surface area contributed by atoms with Crippen molar-refractivity contribution in [2.45, 2.75) is 12.3 Å². The van der Waals surface area contributed by atoms with Gasteiger partial charge in [0.2, 0.25) is 6.23 Å². The number of nitro benzene ring substituents is 1. The fourth-order valence-corrected chi connectivity index (χ4v) is 2.71. The Kier molecular flexibility index (Phi) is 3.88. The third-order valence-corrected chi connectivity index (χ3v) is 3.91. The van der Waals surface area contributed by atoms with Gasteiger partial charge in [-0.05, 0) is 29.8 Å². The molecule has 2 aromatic rings. The lowest BCUT2D eigenvalue weighted by molar-refractivity contribution is -0.698. The summed E-state index contributed by atoms with van der Waals surface area (Å²) in [4.78, 5) is 10.3. The topological polar surface area (TPSA) is 69.0 Å². The van der Waals surface area contributed by atoms with E-state index in [0.29, 0.717) is 5.02 Å². The van der Waals surface area contributed by atoms with Crippen LogP contribution in [0.15, 0.2) is 48.5 Å². The molecule has 0 aliphatic carbocycles. The molecule has 0 radical (unpaired) electrons. The summed E-state index contributed by atoms with van der Waals surface area (Å²) in [5, 5.41) is 13.4. The highest BCUT2D eigenvalue weighted by molar-refractivity contribution is 6.31. The second-order valence-electron chi connectivity index (χ2n) is 4.89. The zero-order valence-corrected chi connectivity index (χ0v) is 11.9.